The zero-order valence-corrected chi connectivity index (χ0v) is 14.5. The second-order valence-electron chi connectivity index (χ2n) is 6.51. The second-order valence-corrected chi connectivity index (χ2v) is 6.51. The summed E-state index contributed by atoms with van der Waals surface area (Å²) in [6.45, 7) is 3.18. The standard InChI is InChI=1S/C20H22F2N2O/c1-13-10-15(21)6-8-17(13)18-7-5-14(11-19(18)22)20(25)24-9-3-4-16(24)12-23-2/h5-8,10-11,16,23H,3-4,9,12H2,1-2H3. The Morgan fingerprint density at radius 2 is 1.96 bits per heavy atom. The van der Waals surface area contributed by atoms with Crippen molar-refractivity contribution in [2.75, 3.05) is 20.1 Å². The molecule has 1 aliphatic rings. The number of likely N-dealkylation sites (N-methyl/N-ethyl adjacent to an activating group) is 1. The van der Waals surface area contributed by atoms with Crippen molar-refractivity contribution < 1.29 is 13.6 Å². The van der Waals surface area contributed by atoms with Gasteiger partial charge in [0, 0.05) is 30.3 Å². The van der Waals surface area contributed by atoms with Crippen LogP contribution in [0.1, 0.15) is 28.8 Å². The molecule has 2 aromatic carbocycles. The Hall–Kier alpha value is -2.27. The van der Waals surface area contributed by atoms with Crippen molar-refractivity contribution in [2.24, 2.45) is 0 Å². The number of benzene rings is 2. The molecule has 1 fully saturated rings. The van der Waals surface area contributed by atoms with Crippen LogP contribution in [0, 0.1) is 18.6 Å². The molecule has 0 saturated carbocycles. The van der Waals surface area contributed by atoms with Crippen molar-refractivity contribution in [3.8, 4) is 11.1 Å². The largest absolute Gasteiger partial charge is 0.334 e. The van der Waals surface area contributed by atoms with Gasteiger partial charge in [0.2, 0.25) is 0 Å². The van der Waals surface area contributed by atoms with Crippen LogP contribution in [0.25, 0.3) is 11.1 Å². The third-order valence-corrected chi connectivity index (χ3v) is 4.77. The number of hydrogen-bond donors (Lipinski definition) is 1. The fraction of sp³-hybridized carbons (Fsp3) is 0.350. The number of nitrogens with zero attached hydrogens (tertiary/aromatic N) is 1. The molecule has 1 atom stereocenters. The van der Waals surface area contributed by atoms with E-state index in [4.69, 9.17) is 0 Å². The van der Waals surface area contributed by atoms with Gasteiger partial charge in [-0.25, -0.2) is 8.78 Å². The van der Waals surface area contributed by atoms with Crippen LogP contribution in [0.3, 0.4) is 0 Å². The smallest absolute Gasteiger partial charge is 0.254 e. The summed E-state index contributed by atoms with van der Waals surface area (Å²) in [5, 5.41) is 3.10. The number of hydrogen-bond acceptors (Lipinski definition) is 2. The van der Waals surface area contributed by atoms with E-state index in [0.29, 0.717) is 28.8 Å². The monoisotopic (exact) mass is 344 g/mol. The lowest BCUT2D eigenvalue weighted by molar-refractivity contribution is 0.0736. The van der Waals surface area contributed by atoms with E-state index in [1.54, 1.807) is 25.1 Å². The molecule has 5 heteroatoms. The van der Waals surface area contributed by atoms with Gasteiger partial charge in [-0.3, -0.25) is 4.79 Å². The van der Waals surface area contributed by atoms with Gasteiger partial charge in [0.05, 0.1) is 0 Å². The molecule has 1 saturated heterocycles. The Morgan fingerprint density at radius 3 is 2.64 bits per heavy atom. The van der Waals surface area contributed by atoms with Crippen molar-refractivity contribution in [3.63, 3.8) is 0 Å². The zero-order chi connectivity index (χ0) is 18.0. The number of aryl methyl sites for hydroxylation is 1. The van der Waals surface area contributed by atoms with Crippen LogP contribution in [0.4, 0.5) is 8.78 Å². The second kappa shape index (κ2) is 7.31. The number of halogens is 2. The van der Waals surface area contributed by atoms with Crippen LogP contribution in [0.5, 0.6) is 0 Å². The van der Waals surface area contributed by atoms with Gasteiger partial charge in [-0.2, -0.15) is 0 Å². The first kappa shape index (κ1) is 17.5. The predicted molar refractivity (Wildman–Crippen MR) is 94.5 cm³/mol. The van der Waals surface area contributed by atoms with Gasteiger partial charge < -0.3 is 10.2 Å². The molecule has 1 aliphatic heterocycles. The van der Waals surface area contributed by atoms with Crippen LogP contribution in [0.2, 0.25) is 0 Å². The van der Waals surface area contributed by atoms with Crippen LogP contribution >= 0.6 is 0 Å². The molecule has 0 aromatic heterocycles. The maximum atomic E-state index is 14.6. The first-order valence-electron chi connectivity index (χ1n) is 8.53. The first-order chi connectivity index (χ1) is 12.0. The Labute approximate surface area is 146 Å². The molecule has 1 N–H and O–H groups in total. The minimum atomic E-state index is -0.468. The molecule has 1 heterocycles. The molecule has 25 heavy (non-hydrogen) atoms. The van der Waals surface area contributed by atoms with Crippen molar-refractivity contribution in [2.45, 2.75) is 25.8 Å². The van der Waals surface area contributed by atoms with Crippen LogP contribution < -0.4 is 5.32 Å². The number of nitrogens with one attached hydrogen (secondary N) is 1. The number of rotatable bonds is 4. The summed E-state index contributed by atoms with van der Waals surface area (Å²) in [7, 11) is 1.86. The molecule has 0 spiro atoms. The van der Waals surface area contributed by atoms with Crippen molar-refractivity contribution >= 4 is 5.91 Å². The lowest BCUT2D eigenvalue weighted by Gasteiger charge is -2.24. The van der Waals surface area contributed by atoms with Gasteiger partial charge in [0.25, 0.3) is 5.91 Å². The molecular formula is C20H22F2N2O. The first-order valence-corrected chi connectivity index (χ1v) is 8.53. The highest BCUT2D eigenvalue weighted by Gasteiger charge is 2.29. The summed E-state index contributed by atoms with van der Waals surface area (Å²) in [4.78, 5) is 14.5. The molecule has 0 bridgehead atoms. The third kappa shape index (κ3) is 3.56. The lowest BCUT2D eigenvalue weighted by atomic mass is 9.98. The Bertz CT molecular complexity index is 791. The van der Waals surface area contributed by atoms with Gasteiger partial charge in [-0.05, 0) is 62.2 Å². The quantitative estimate of drug-likeness (QED) is 0.916. The van der Waals surface area contributed by atoms with E-state index in [0.717, 1.165) is 19.4 Å². The Balaban J connectivity index is 1.88. The van der Waals surface area contributed by atoms with Crippen LogP contribution in [0.15, 0.2) is 36.4 Å². The minimum Gasteiger partial charge on any atom is -0.334 e. The fourth-order valence-electron chi connectivity index (χ4n) is 3.51. The average molecular weight is 344 g/mol. The van der Waals surface area contributed by atoms with E-state index < -0.39 is 5.82 Å². The van der Waals surface area contributed by atoms with E-state index in [2.05, 4.69) is 5.32 Å². The highest BCUT2D eigenvalue weighted by molar-refractivity contribution is 5.95. The summed E-state index contributed by atoms with van der Waals surface area (Å²) in [5.74, 6) is -0.956. The molecule has 3 rings (SSSR count). The summed E-state index contributed by atoms with van der Waals surface area (Å²) in [6.07, 6.45) is 1.93. The van der Waals surface area contributed by atoms with E-state index in [9.17, 15) is 13.6 Å². The van der Waals surface area contributed by atoms with Crippen LogP contribution in [-0.2, 0) is 0 Å². The van der Waals surface area contributed by atoms with E-state index in [1.807, 2.05) is 11.9 Å². The highest BCUT2D eigenvalue weighted by Crippen LogP contribution is 2.28. The zero-order valence-electron chi connectivity index (χ0n) is 14.5. The van der Waals surface area contributed by atoms with E-state index in [1.165, 1.54) is 18.2 Å². The summed E-state index contributed by atoms with van der Waals surface area (Å²) < 4.78 is 27.9. The number of carbonyl (C=O) groups excluding carboxylic acids is 1. The van der Waals surface area contributed by atoms with Crippen LogP contribution in [-0.4, -0.2) is 37.0 Å². The topological polar surface area (TPSA) is 32.3 Å². The van der Waals surface area contributed by atoms with Gasteiger partial charge >= 0.3 is 0 Å². The molecular weight excluding hydrogens is 322 g/mol. The predicted octanol–water partition coefficient (Wildman–Crippen LogP) is 3.76. The molecule has 3 nitrogen and oxygen atoms in total. The number of carbonyl (C=O) groups is 1. The normalized spacial score (nSPS) is 17.1. The number of likely N-dealkylation sites (tertiary alicyclic amines) is 1. The molecule has 2 aromatic rings. The highest BCUT2D eigenvalue weighted by atomic mass is 19.1. The van der Waals surface area contributed by atoms with Crippen molar-refractivity contribution in [3.05, 3.63) is 59.2 Å². The molecule has 1 unspecified atom stereocenters. The van der Waals surface area contributed by atoms with Crippen molar-refractivity contribution in [1.29, 1.82) is 0 Å². The van der Waals surface area contributed by atoms with E-state index >= 15 is 0 Å². The van der Waals surface area contributed by atoms with Crippen molar-refractivity contribution in [1.82, 2.24) is 10.2 Å². The molecule has 1 amide bonds. The minimum absolute atomic E-state index is 0.140. The summed E-state index contributed by atoms with van der Waals surface area (Å²) >= 11 is 0. The Morgan fingerprint density at radius 1 is 1.20 bits per heavy atom. The Kier molecular flexibility index (Phi) is 5.13. The summed E-state index contributed by atoms with van der Waals surface area (Å²) in [6, 6.07) is 8.95. The fourth-order valence-corrected chi connectivity index (χ4v) is 3.51. The lowest BCUT2D eigenvalue weighted by Crippen LogP contribution is -2.40. The maximum absolute atomic E-state index is 14.6. The van der Waals surface area contributed by atoms with Gasteiger partial charge in [0.15, 0.2) is 0 Å². The summed E-state index contributed by atoms with van der Waals surface area (Å²) in [5.41, 5.74) is 2.02. The van der Waals surface area contributed by atoms with E-state index in [-0.39, 0.29) is 17.8 Å². The average Bonchev–Trinajstić information content (AvgIpc) is 3.03. The van der Waals surface area contributed by atoms with Gasteiger partial charge in [0.1, 0.15) is 11.6 Å². The van der Waals surface area contributed by atoms with Gasteiger partial charge in [-0.15, -0.1) is 0 Å². The molecule has 0 radical (unpaired) electrons. The van der Waals surface area contributed by atoms with Gasteiger partial charge in [-0.1, -0.05) is 12.1 Å². The third-order valence-electron chi connectivity index (χ3n) is 4.77. The number of amides is 1. The molecule has 132 valence electrons. The SMILES string of the molecule is CNCC1CCCN1C(=O)c1ccc(-c2ccc(F)cc2C)c(F)c1. The maximum Gasteiger partial charge on any atom is 0.254 e. The molecule has 0 aliphatic carbocycles.